The van der Waals surface area contributed by atoms with Crippen molar-refractivity contribution in [1.82, 2.24) is 10.2 Å². The van der Waals surface area contributed by atoms with E-state index in [0.29, 0.717) is 11.5 Å². The molecule has 1 aromatic carbocycles. The van der Waals surface area contributed by atoms with Crippen LogP contribution >= 0.6 is 40.7 Å². The first-order chi connectivity index (χ1) is 10.0. The van der Waals surface area contributed by atoms with E-state index in [4.69, 9.17) is 5.26 Å². The Morgan fingerprint density at radius 1 is 1.30 bits per heavy atom. The first-order valence-corrected chi connectivity index (χ1v) is 8.20. The number of nitrogens with zero attached hydrogens (tertiary/aromatic N) is 2. The Bertz CT molecular complexity index is 543. The van der Waals surface area contributed by atoms with Gasteiger partial charge in [0.05, 0.1) is 5.56 Å². The van der Waals surface area contributed by atoms with Gasteiger partial charge in [0.1, 0.15) is 11.8 Å². The van der Waals surface area contributed by atoms with Crippen molar-refractivity contribution in [3.63, 3.8) is 0 Å². The molecule has 2 N–H and O–H groups in total. The van der Waals surface area contributed by atoms with Crippen LogP contribution in [-0.4, -0.2) is 36.2 Å². The predicted octanol–water partition coefficient (Wildman–Crippen LogP) is 3.86. The van der Waals surface area contributed by atoms with E-state index < -0.39 is 0 Å². The van der Waals surface area contributed by atoms with Gasteiger partial charge >= 0.3 is 0 Å². The lowest BCUT2D eigenvalue weighted by atomic mass is 9.93. The highest BCUT2D eigenvalue weighted by Gasteiger charge is 2.28. The van der Waals surface area contributed by atoms with Crippen molar-refractivity contribution in [2.45, 2.75) is 26.3 Å². The Kier molecular flexibility index (Phi) is 10.1. The molecule has 1 saturated heterocycles. The second-order valence-electron chi connectivity index (χ2n) is 5.90. The molecule has 1 heterocycles. The fourth-order valence-electron chi connectivity index (χ4n) is 2.88. The average molecular weight is 425 g/mol. The number of benzene rings is 1. The maximum absolute atomic E-state index is 10.5. The molecular weight excluding hydrogens is 401 g/mol. The largest absolute Gasteiger partial charge is 0.506 e. The van der Waals surface area contributed by atoms with E-state index in [1.807, 2.05) is 6.07 Å². The number of halogens is 3. The van der Waals surface area contributed by atoms with Crippen LogP contribution in [0.25, 0.3) is 0 Å². The molecule has 0 spiro atoms. The first kappa shape index (κ1) is 22.5. The number of rotatable bonds is 4. The van der Waals surface area contributed by atoms with Crippen LogP contribution in [0.1, 0.15) is 37.4 Å². The topological polar surface area (TPSA) is 59.3 Å². The van der Waals surface area contributed by atoms with Gasteiger partial charge in [0, 0.05) is 42.3 Å². The summed E-state index contributed by atoms with van der Waals surface area (Å²) < 4.78 is 0.878. The number of nitriles is 1. The number of piperazine rings is 1. The minimum atomic E-state index is 0. The minimum absolute atomic E-state index is 0. The van der Waals surface area contributed by atoms with Crippen molar-refractivity contribution < 1.29 is 5.11 Å². The van der Waals surface area contributed by atoms with Crippen molar-refractivity contribution in [1.29, 1.82) is 5.26 Å². The molecule has 0 saturated carbocycles. The number of hydrogen-bond donors (Lipinski definition) is 2. The Morgan fingerprint density at radius 3 is 2.43 bits per heavy atom. The molecular formula is C16H24BrCl2N3O. The monoisotopic (exact) mass is 423 g/mol. The highest BCUT2D eigenvalue weighted by atomic mass is 79.9. The molecule has 130 valence electrons. The van der Waals surface area contributed by atoms with Gasteiger partial charge in [0.25, 0.3) is 0 Å². The summed E-state index contributed by atoms with van der Waals surface area (Å²) in [6, 6.07) is 5.73. The SMILES string of the molecule is CC(C)C[C@H](c1c(Br)ccc(C#N)c1O)N1CCNCC1.Cl.Cl. The molecule has 0 amide bonds. The molecule has 1 aliphatic heterocycles. The summed E-state index contributed by atoms with van der Waals surface area (Å²) in [5.74, 6) is 0.637. The second-order valence-corrected chi connectivity index (χ2v) is 6.75. The highest BCUT2D eigenvalue weighted by Crippen LogP contribution is 2.40. The summed E-state index contributed by atoms with van der Waals surface area (Å²) in [6.45, 7) is 8.22. The molecule has 0 bridgehead atoms. The standard InChI is InChI=1S/C16H22BrN3O.2ClH/c1-11(2)9-14(20-7-5-19-6-8-20)15-13(17)4-3-12(10-18)16(15)21;;/h3-4,11,14,19,21H,5-9H2,1-2H3;2*1H/t14-;;/m1../s1. The van der Waals surface area contributed by atoms with Crippen LogP contribution in [0.15, 0.2) is 16.6 Å². The number of hydrogen-bond acceptors (Lipinski definition) is 4. The van der Waals surface area contributed by atoms with E-state index >= 15 is 0 Å². The van der Waals surface area contributed by atoms with Gasteiger partial charge in [0.15, 0.2) is 0 Å². The number of aromatic hydroxyl groups is 1. The van der Waals surface area contributed by atoms with Gasteiger partial charge < -0.3 is 10.4 Å². The normalized spacial score (nSPS) is 16.1. The predicted molar refractivity (Wildman–Crippen MR) is 102 cm³/mol. The van der Waals surface area contributed by atoms with E-state index in [1.54, 1.807) is 6.07 Å². The quantitative estimate of drug-likeness (QED) is 0.770. The van der Waals surface area contributed by atoms with E-state index in [1.165, 1.54) is 0 Å². The molecule has 2 rings (SSSR count). The van der Waals surface area contributed by atoms with E-state index in [-0.39, 0.29) is 36.6 Å². The van der Waals surface area contributed by atoms with Gasteiger partial charge in [-0.25, -0.2) is 0 Å². The number of phenolic OH excluding ortho intramolecular Hbond substituents is 1. The van der Waals surface area contributed by atoms with Crippen molar-refractivity contribution in [2.75, 3.05) is 26.2 Å². The third kappa shape index (κ3) is 5.51. The van der Waals surface area contributed by atoms with Crippen LogP contribution in [0.2, 0.25) is 0 Å². The zero-order chi connectivity index (χ0) is 15.4. The smallest absolute Gasteiger partial charge is 0.139 e. The molecule has 23 heavy (non-hydrogen) atoms. The summed E-state index contributed by atoms with van der Waals surface area (Å²) in [7, 11) is 0. The summed E-state index contributed by atoms with van der Waals surface area (Å²) in [4.78, 5) is 2.40. The van der Waals surface area contributed by atoms with Gasteiger partial charge in [-0.3, -0.25) is 4.90 Å². The average Bonchev–Trinajstić information content (AvgIpc) is 2.47. The van der Waals surface area contributed by atoms with E-state index in [2.05, 4.69) is 46.1 Å². The Hall–Kier alpha value is -0.510. The molecule has 4 nitrogen and oxygen atoms in total. The molecule has 1 fully saturated rings. The van der Waals surface area contributed by atoms with Crippen molar-refractivity contribution in [2.24, 2.45) is 5.92 Å². The maximum atomic E-state index is 10.5. The summed E-state index contributed by atoms with van der Waals surface area (Å²) in [6.07, 6.45) is 0.959. The highest BCUT2D eigenvalue weighted by molar-refractivity contribution is 9.10. The van der Waals surface area contributed by atoms with Crippen LogP contribution in [0, 0.1) is 17.2 Å². The lowest BCUT2D eigenvalue weighted by Gasteiger charge is -2.37. The van der Waals surface area contributed by atoms with Crippen molar-refractivity contribution in [3.8, 4) is 11.8 Å². The third-order valence-electron chi connectivity index (χ3n) is 3.90. The van der Waals surface area contributed by atoms with Crippen molar-refractivity contribution in [3.05, 3.63) is 27.7 Å². The molecule has 0 radical (unpaired) electrons. The molecule has 0 aliphatic carbocycles. The lowest BCUT2D eigenvalue weighted by Crippen LogP contribution is -2.45. The fraction of sp³-hybridized carbons (Fsp3) is 0.562. The van der Waals surface area contributed by atoms with Gasteiger partial charge in [-0.2, -0.15) is 5.26 Å². The van der Waals surface area contributed by atoms with Gasteiger partial charge in [-0.05, 0) is 24.5 Å². The van der Waals surface area contributed by atoms with Gasteiger partial charge in [0.2, 0.25) is 0 Å². The molecule has 1 atom stereocenters. The van der Waals surface area contributed by atoms with Crippen LogP contribution < -0.4 is 5.32 Å². The van der Waals surface area contributed by atoms with Crippen LogP contribution in [-0.2, 0) is 0 Å². The molecule has 0 unspecified atom stereocenters. The Balaban J connectivity index is 0.00000242. The summed E-state index contributed by atoms with van der Waals surface area (Å²) in [5.41, 5.74) is 1.20. The fourth-order valence-corrected chi connectivity index (χ4v) is 3.46. The second kappa shape index (κ2) is 10.4. The lowest BCUT2D eigenvalue weighted by molar-refractivity contribution is 0.151. The third-order valence-corrected chi connectivity index (χ3v) is 4.60. The minimum Gasteiger partial charge on any atom is -0.506 e. The van der Waals surface area contributed by atoms with Gasteiger partial charge in [-0.15, -0.1) is 24.8 Å². The maximum Gasteiger partial charge on any atom is 0.139 e. The number of nitrogens with one attached hydrogen (secondary N) is 1. The van der Waals surface area contributed by atoms with Crippen molar-refractivity contribution >= 4 is 40.7 Å². The van der Waals surface area contributed by atoms with E-state index in [0.717, 1.165) is 42.6 Å². The zero-order valence-corrected chi connectivity index (χ0v) is 16.6. The molecule has 7 heteroatoms. The molecule has 1 aliphatic rings. The summed E-state index contributed by atoms with van der Waals surface area (Å²) in [5, 5.41) is 23.0. The molecule has 0 aromatic heterocycles. The number of phenols is 1. The van der Waals surface area contributed by atoms with Crippen LogP contribution in [0.5, 0.6) is 5.75 Å². The van der Waals surface area contributed by atoms with Gasteiger partial charge in [-0.1, -0.05) is 29.8 Å². The Labute approximate surface area is 159 Å². The first-order valence-electron chi connectivity index (χ1n) is 7.40. The zero-order valence-electron chi connectivity index (χ0n) is 13.4. The molecule has 1 aromatic rings. The van der Waals surface area contributed by atoms with Crippen LogP contribution in [0.3, 0.4) is 0 Å². The summed E-state index contributed by atoms with van der Waals surface area (Å²) >= 11 is 3.56. The van der Waals surface area contributed by atoms with Crippen LogP contribution in [0.4, 0.5) is 0 Å². The Morgan fingerprint density at radius 2 is 1.91 bits per heavy atom. The van der Waals surface area contributed by atoms with E-state index in [9.17, 15) is 5.11 Å².